The Morgan fingerprint density at radius 2 is 1.83 bits per heavy atom. The fraction of sp³-hybridized carbons (Fsp3) is 0.261. The van der Waals surface area contributed by atoms with Crippen LogP contribution in [0.25, 0.3) is 21.8 Å². The third-order valence-electron chi connectivity index (χ3n) is 5.05. The number of amides is 2. The lowest BCUT2D eigenvalue weighted by atomic mass is 10.1. The highest BCUT2D eigenvalue weighted by atomic mass is 32.1. The van der Waals surface area contributed by atoms with Gasteiger partial charge >= 0.3 is 11.8 Å². The second-order valence-corrected chi connectivity index (χ2v) is 8.35. The first-order chi connectivity index (χ1) is 14.5. The largest absolute Gasteiger partial charge is 0.342 e. The van der Waals surface area contributed by atoms with Crippen molar-refractivity contribution in [3.05, 3.63) is 58.5 Å². The number of rotatable bonds is 5. The smallest absolute Gasteiger partial charge is 0.313 e. The van der Waals surface area contributed by atoms with Gasteiger partial charge in [0, 0.05) is 45.3 Å². The first-order valence-corrected chi connectivity index (χ1v) is 10.9. The van der Waals surface area contributed by atoms with Gasteiger partial charge in [-0.3, -0.25) is 9.59 Å². The number of para-hydroxylation sites is 1. The summed E-state index contributed by atoms with van der Waals surface area (Å²) >= 11 is 1.56. The van der Waals surface area contributed by atoms with E-state index in [0.717, 1.165) is 39.1 Å². The fourth-order valence-electron chi connectivity index (χ4n) is 3.58. The normalized spacial score (nSPS) is 11.3. The first-order valence-electron chi connectivity index (χ1n) is 10.0. The van der Waals surface area contributed by atoms with Crippen molar-refractivity contribution in [2.45, 2.75) is 39.8 Å². The number of aryl methyl sites for hydroxylation is 1. The maximum atomic E-state index is 12.4. The van der Waals surface area contributed by atoms with Crippen molar-refractivity contribution >= 4 is 50.6 Å². The fourth-order valence-corrected chi connectivity index (χ4v) is 4.42. The van der Waals surface area contributed by atoms with Crippen LogP contribution >= 0.6 is 11.3 Å². The summed E-state index contributed by atoms with van der Waals surface area (Å²) in [4.78, 5) is 29.1. The summed E-state index contributed by atoms with van der Waals surface area (Å²) in [5.74, 6) is -1.02. The number of carbonyl (C=O) groups is 2. The second kappa shape index (κ2) is 8.28. The zero-order valence-electron chi connectivity index (χ0n) is 17.2. The lowest BCUT2D eigenvalue weighted by molar-refractivity contribution is -0.136. The topological polar surface area (TPSA) is 76.0 Å². The number of nitrogens with one attached hydrogen (secondary N) is 2. The Bertz CT molecular complexity index is 1240. The minimum Gasteiger partial charge on any atom is -0.342 e. The number of fused-ring (bicyclic) bond motifs is 3. The Morgan fingerprint density at radius 1 is 1.07 bits per heavy atom. The van der Waals surface area contributed by atoms with E-state index in [9.17, 15) is 9.59 Å². The van der Waals surface area contributed by atoms with Gasteiger partial charge in [-0.2, -0.15) is 0 Å². The summed E-state index contributed by atoms with van der Waals surface area (Å²) in [5.41, 5.74) is 3.61. The average molecular weight is 421 g/mol. The molecule has 4 rings (SSSR count). The summed E-state index contributed by atoms with van der Waals surface area (Å²) in [6.45, 7) is 7.34. The Hall–Kier alpha value is -3.19. The Labute approximate surface area is 178 Å². The van der Waals surface area contributed by atoms with Gasteiger partial charge in [0.2, 0.25) is 0 Å². The van der Waals surface area contributed by atoms with E-state index in [-0.39, 0.29) is 6.54 Å². The molecule has 2 heterocycles. The molecule has 0 aliphatic rings. The molecule has 0 radical (unpaired) electrons. The molecule has 0 saturated heterocycles. The van der Waals surface area contributed by atoms with E-state index in [4.69, 9.17) is 0 Å². The van der Waals surface area contributed by atoms with Crippen molar-refractivity contribution < 1.29 is 9.59 Å². The van der Waals surface area contributed by atoms with Crippen molar-refractivity contribution in [3.63, 3.8) is 0 Å². The monoisotopic (exact) mass is 420 g/mol. The van der Waals surface area contributed by atoms with Crippen LogP contribution in [-0.4, -0.2) is 21.4 Å². The predicted molar refractivity (Wildman–Crippen MR) is 122 cm³/mol. The van der Waals surface area contributed by atoms with Crippen LogP contribution in [0.2, 0.25) is 0 Å². The van der Waals surface area contributed by atoms with Crippen LogP contribution in [0.3, 0.4) is 0 Å². The predicted octanol–water partition coefficient (Wildman–Crippen LogP) is 4.65. The minimum absolute atomic E-state index is 0.235. The van der Waals surface area contributed by atoms with Crippen molar-refractivity contribution in [1.82, 2.24) is 14.9 Å². The highest BCUT2D eigenvalue weighted by Gasteiger charge is 2.16. The van der Waals surface area contributed by atoms with Crippen LogP contribution in [0.15, 0.2) is 47.8 Å². The van der Waals surface area contributed by atoms with Crippen molar-refractivity contribution in [1.29, 1.82) is 0 Å². The van der Waals surface area contributed by atoms with Crippen LogP contribution in [0, 0.1) is 0 Å². The van der Waals surface area contributed by atoms with Gasteiger partial charge in [-0.1, -0.05) is 32.0 Å². The Morgan fingerprint density at radius 3 is 2.57 bits per heavy atom. The maximum absolute atomic E-state index is 12.4. The number of hydrogen-bond acceptors (Lipinski definition) is 4. The van der Waals surface area contributed by atoms with Crippen LogP contribution in [-0.2, 0) is 22.7 Å². The Balaban J connectivity index is 1.48. The molecule has 0 saturated carbocycles. The quantitative estimate of drug-likeness (QED) is 0.462. The molecule has 0 aliphatic heterocycles. The van der Waals surface area contributed by atoms with Gasteiger partial charge in [-0.25, -0.2) is 4.98 Å². The first kappa shape index (κ1) is 20.1. The third kappa shape index (κ3) is 3.80. The molecule has 7 heteroatoms. The van der Waals surface area contributed by atoms with Gasteiger partial charge in [0.25, 0.3) is 0 Å². The lowest BCUT2D eigenvalue weighted by Gasteiger charge is -2.07. The van der Waals surface area contributed by atoms with E-state index in [1.54, 1.807) is 11.3 Å². The second-order valence-electron chi connectivity index (χ2n) is 7.46. The maximum Gasteiger partial charge on any atom is 0.313 e. The highest BCUT2D eigenvalue weighted by Crippen LogP contribution is 2.31. The lowest BCUT2D eigenvalue weighted by Crippen LogP contribution is -2.35. The van der Waals surface area contributed by atoms with Gasteiger partial charge in [-0.05, 0) is 31.2 Å². The molecule has 2 amide bonds. The number of thiazole rings is 1. The van der Waals surface area contributed by atoms with Gasteiger partial charge in [0.05, 0.1) is 17.2 Å². The van der Waals surface area contributed by atoms with Crippen LogP contribution in [0.1, 0.15) is 37.4 Å². The van der Waals surface area contributed by atoms with Crippen molar-refractivity contribution in [2.24, 2.45) is 0 Å². The Kier molecular flexibility index (Phi) is 5.55. The van der Waals surface area contributed by atoms with E-state index in [0.29, 0.717) is 11.6 Å². The molecule has 4 aromatic rings. The zero-order chi connectivity index (χ0) is 21.3. The molecule has 2 aromatic heterocycles. The summed E-state index contributed by atoms with van der Waals surface area (Å²) < 4.78 is 2.24. The number of nitrogens with zero attached hydrogens (tertiary/aromatic N) is 2. The van der Waals surface area contributed by atoms with Crippen LogP contribution < -0.4 is 10.6 Å². The van der Waals surface area contributed by atoms with Crippen molar-refractivity contribution in [2.75, 3.05) is 5.32 Å². The molecular weight excluding hydrogens is 396 g/mol. The summed E-state index contributed by atoms with van der Waals surface area (Å²) in [7, 11) is 0. The van der Waals surface area contributed by atoms with E-state index in [2.05, 4.69) is 53.1 Å². The van der Waals surface area contributed by atoms with Gasteiger partial charge in [-0.15, -0.1) is 11.3 Å². The average Bonchev–Trinajstić information content (AvgIpc) is 3.34. The molecule has 154 valence electrons. The van der Waals surface area contributed by atoms with Gasteiger partial charge < -0.3 is 15.2 Å². The van der Waals surface area contributed by atoms with Crippen LogP contribution in [0.4, 0.5) is 5.69 Å². The molecule has 0 fully saturated rings. The van der Waals surface area contributed by atoms with Crippen molar-refractivity contribution in [3.8, 4) is 0 Å². The number of hydrogen-bond donors (Lipinski definition) is 2. The molecule has 6 nitrogen and oxygen atoms in total. The summed E-state index contributed by atoms with van der Waals surface area (Å²) in [6, 6.07) is 13.9. The molecule has 0 bridgehead atoms. The molecule has 2 aromatic carbocycles. The highest BCUT2D eigenvalue weighted by molar-refractivity contribution is 7.09. The van der Waals surface area contributed by atoms with Crippen LogP contribution in [0.5, 0.6) is 0 Å². The molecule has 0 atom stereocenters. The van der Waals surface area contributed by atoms with Gasteiger partial charge in [0.15, 0.2) is 0 Å². The summed E-state index contributed by atoms with van der Waals surface area (Å²) in [6.07, 6.45) is 0. The van der Waals surface area contributed by atoms with E-state index in [1.807, 2.05) is 35.7 Å². The third-order valence-corrected chi connectivity index (χ3v) is 6.24. The molecule has 0 unspecified atom stereocenters. The molecule has 30 heavy (non-hydrogen) atoms. The van der Waals surface area contributed by atoms with E-state index >= 15 is 0 Å². The zero-order valence-corrected chi connectivity index (χ0v) is 18.0. The molecular formula is C23H24N4O2S. The van der Waals surface area contributed by atoms with Gasteiger partial charge in [0.1, 0.15) is 0 Å². The minimum atomic E-state index is -0.687. The molecule has 0 spiro atoms. The number of anilines is 1. The number of carbonyl (C=O) groups excluding carboxylic acids is 2. The molecule has 0 aliphatic carbocycles. The number of aromatic nitrogens is 2. The SMILES string of the molecule is CCn1c2ccccc2c2cc(NC(=O)C(=O)NCc3csc(C(C)C)n3)ccc21. The standard InChI is InChI=1S/C23H24N4O2S/c1-4-27-19-8-6-5-7-17(19)18-11-15(9-10-20(18)27)25-22(29)21(28)24-12-16-13-30-23(26-16)14(2)3/h5-11,13-14H,4,12H2,1-3H3,(H,24,28)(H,25,29). The number of benzene rings is 2. The van der Waals surface area contributed by atoms with E-state index < -0.39 is 11.8 Å². The van der Waals surface area contributed by atoms with E-state index in [1.165, 1.54) is 0 Å². The molecule has 2 N–H and O–H groups in total. The summed E-state index contributed by atoms with van der Waals surface area (Å²) in [5, 5.41) is 10.4.